The second-order valence-corrected chi connectivity index (χ2v) is 5.37. The zero-order valence-electron chi connectivity index (χ0n) is 10.8. The highest BCUT2D eigenvalue weighted by Gasteiger charge is 2.20. The molecule has 1 fully saturated rings. The van der Waals surface area contributed by atoms with Crippen LogP contribution in [-0.4, -0.2) is 35.0 Å². The molecule has 2 rings (SSSR count). The SMILES string of the molecule is CCOc1cncc(N2CCCC(CCBr)C2)n1. The van der Waals surface area contributed by atoms with Crippen molar-refractivity contribution in [3.05, 3.63) is 12.4 Å². The summed E-state index contributed by atoms with van der Waals surface area (Å²) in [6.07, 6.45) is 7.29. The number of alkyl halides is 1. The lowest BCUT2D eigenvalue weighted by atomic mass is 9.96. The van der Waals surface area contributed by atoms with Gasteiger partial charge < -0.3 is 9.64 Å². The van der Waals surface area contributed by atoms with Gasteiger partial charge in [0, 0.05) is 18.4 Å². The van der Waals surface area contributed by atoms with Crippen LogP contribution < -0.4 is 9.64 Å². The third kappa shape index (κ3) is 3.57. The van der Waals surface area contributed by atoms with Gasteiger partial charge in [-0.3, -0.25) is 4.98 Å². The van der Waals surface area contributed by atoms with Crippen molar-refractivity contribution in [2.45, 2.75) is 26.2 Å². The summed E-state index contributed by atoms with van der Waals surface area (Å²) in [7, 11) is 0. The van der Waals surface area contributed by atoms with Crippen LogP contribution >= 0.6 is 15.9 Å². The quantitative estimate of drug-likeness (QED) is 0.783. The molecule has 2 heterocycles. The molecule has 1 atom stereocenters. The summed E-state index contributed by atoms with van der Waals surface area (Å²) in [5, 5.41) is 1.08. The molecule has 5 heteroatoms. The normalized spacial score (nSPS) is 19.9. The Labute approximate surface area is 117 Å². The summed E-state index contributed by atoms with van der Waals surface area (Å²) in [6.45, 7) is 4.74. The zero-order chi connectivity index (χ0) is 12.8. The van der Waals surface area contributed by atoms with Crippen LogP contribution in [0.15, 0.2) is 12.4 Å². The average molecular weight is 314 g/mol. The van der Waals surface area contributed by atoms with E-state index in [-0.39, 0.29) is 0 Å². The molecule has 1 saturated heterocycles. The third-order valence-corrected chi connectivity index (χ3v) is 3.71. The van der Waals surface area contributed by atoms with Crippen molar-refractivity contribution < 1.29 is 4.74 Å². The van der Waals surface area contributed by atoms with Gasteiger partial charge in [0.25, 0.3) is 0 Å². The number of aromatic nitrogens is 2. The number of rotatable bonds is 5. The standard InChI is InChI=1S/C13H20BrN3O/c1-2-18-13-9-15-8-12(16-13)17-7-3-4-11(10-17)5-6-14/h8-9,11H,2-7,10H2,1H3. The molecule has 4 nitrogen and oxygen atoms in total. The fraction of sp³-hybridized carbons (Fsp3) is 0.692. The molecule has 1 aromatic rings. The molecule has 1 aliphatic heterocycles. The van der Waals surface area contributed by atoms with Crippen LogP contribution in [0.25, 0.3) is 0 Å². The van der Waals surface area contributed by atoms with Gasteiger partial charge in [-0.1, -0.05) is 15.9 Å². The second kappa shape index (κ2) is 6.92. The molecule has 0 bridgehead atoms. The summed E-state index contributed by atoms with van der Waals surface area (Å²) in [4.78, 5) is 11.0. The highest BCUT2D eigenvalue weighted by molar-refractivity contribution is 9.09. The average Bonchev–Trinajstić information content (AvgIpc) is 2.40. The maximum atomic E-state index is 5.40. The Morgan fingerprint density at radius 1 is 1.50 bits per heavy atom. The minimum absolute atomic E-state index is 0.623. The van der Waals surface area contributed by atoms with Gasteiger partial charge >= 0.3 is 0 Å². The summed E-state index contributed by atoms with van der Waals surface area (Å²) >= 11 is 3.53. The Kier molecular flexibility index (Phi) is 5.23. The van der Waals surface area contributed by atoms with E-state index in [1.165, 1.54) is 19.3 Å². The van der Waals surface area contributed by atoms with Crippen LogP contribution in [0, 0.1) is 5.92 Å². The Hall–Kier alpha value is -0.840. The fourth-order valence-corrected chi connectivity index (χ4v) is 3.02. The predicted octanol–water partition coefficient (Wildman–Crippen LogP) is 2.88. The van der Waals surface area contributed by atoms with Crippen LogP contribution in [0.4, 0.5) is 5.82 Å². The summed E-state index contributed by atoms with van der Waals surface area (Å²) in [5.74, 6) is 2.33. The van der Waals surface area contributed by atoms with Gasteiger partial charge in [-0.15, -0.1) is 0 Å². The number of piperidine rings is 1. The molecule has 0 aromatic carbocycles. The first-order chi connectivity index (χ1) is 8.83. The van der Waals surface area contributed by atoms with E-state index in [1.54, 1.807) is 6.20 Å². The van der Waals surface area contributed by atoms with Crippen molar-refractivity contribution in [1.82, 2.24) is 9.97 Å². The number of ether oxygens (including phenoxy) is 1. The van der Waals surface area contributed by atoms with E-state index >= 15 is 0 Å². The number of nitrogens with zero attached hydrogens (tertiary/aromatic N) is 3. The Morgan fingerprint density at radius 2 is 2.39 bits per heavy atom. The molecule has 100 valence electrons. The third-order valence-electron chi connectivity index (χ3n) is 3.25. The molecule has 0 N–H and O–H groups in total. The fourth-order valence-electron chi connectivity index (χ4n) is 2.37. The second-order valence-electron chi connectivity index (χ2n) is 4.58. The molecule has 0 radical (unpaired) electrons. The highest BCUT2D eigenvalue weighted by atomic mass is 79.9. The number of anilines is 1. The smallest absolute Gasteiger partial charge is 0.234 e. The molecule has 18 heavy (non-hydrogen) atoms. The van der Waals surface area contributed by atoms with Crippen molar-refractivity contribution in [2.75, 3.05) is 29.9 Å². The minimum Gasteiger partial charge on any atom is -0.477 e. The lowest BCUT2D eigenvalue weighted by molar-refractivity contribution is 0.324. The highest BCUT2D eigenvalue weighted by Crippen LogP contribution is 2.24. The van der Waals surface area contributed by atoms with E-state index in [9.17, 15) is 0 Å². The van der Waals surface area contributed by atoms with E-state index in [4.69, 9.17) is 4.74 Å². The van der Waals surface area contributed by atoms with Crippen LogP contribution in [0.3, 0.4) is 0 Å². The van der Waals surface area contributed by atoms with Gasteiger partial charge in [0.2, 0.25) is 5.88 Å². The molecule has 0 amide bonds. The van der Waals surface area contributed by atoms with E-state index in [1.807, 2.05) is 13.1 Å². The van der Waals surface area contributed by atoms with Gasteiger partial charge in [-0.2, -0.15) is 4.98 Å². The summed E-state index contributed by atoms with van der Waals surface area (Å²) < 4.78 is 5.40. The number of hydrogen-bond donors (Lipinski definition) is 0. The van der Waals surface area contributed by atoms with Crippen molar-refractivity contribution in [3.63, 3.8) is 0 Å². The first-order valence-corrected chi connectivity index (χ1v) is 7.71. The lowest BCUT2D eigenvalue weighted by Crippen LogP contribution is -2.36. The van der Waals surface area contributed by atoms with Crippen molar-refractivity contribution >= 4 is 21.7 Å². The Morgan fingerprint density at radius 3 is 3.17 bits per heavy atom. The molecule has 0 saturated carbocycles. The van der Waals surface area contributed by atoms with Crippen molar-refractivity contribution in [1.29, 1.82) is 0 Å². The van der Waals surface area contributed by atoms with E-state index in [0.29, 0.717) is 12.5 Å². The maximum Gasteiger partial charge on any atom is 0.234 e. The number of halogens is 1. The monoisotopic (exact) mass is 313 g/mol. The zero-order valence-corrected chi connectivity index (χ0v) is 12.4. The summed E-state index contributed by atoms with van der Waals surface area (Å²) in [6, 6.07) is 0. The van der Waals surface area contributed by atoms with Gasteiger partial charge in [-0.05, 0) is 32.1 Å². The van der Waals surface area contributed by atoms with E-state index in [2.05, 4.69) is 30.8 Å². The molecular weight excluding hydrogens is 294 g/mol. The minimum atomic E-state index is 0.623. The molecule has 0 spiro atoms. The first-order valence-electron chi connectivity index (χ1n) is 6.59. The Bertz CT molecular complexity index is 373. The van der Waals surface area contributed by atoms with E-state index in [0.717, 1.165) is 30.2 Å². The van der Waals surface area contributed by atoms with Gasteiger partial charge in [-0.25, -0.2) is 0 Å². The first kappa shape index (κ1) is 13.6. The maximum absolute atomic E-state index is 5.40. The van der Waals surface area contributed by atoms with Crippen LogP contribution in [0.2, 0.25) is 0 Å². The van der Waals surface area contributed by atoms with Crippen molar-refractivity contribution in [3.8, 4) is 5.88 Å². The lowest BCUT2D eigenvalue weighted by Gasteiger charge is -2.33. The Balaban J connectivity index is 2.03. The van der Waals surface area contributed by atoms with Gasteiger partial charge in [0.05, 0.1) is 19.0 Å². The van der Waals surface area contributed by atoms with Crippen LogP contribution in [-0.2, 0) is 0 Å². The van der Waals surface area contributed by atoms with Gasteiger partial charge in [0.15, 0.2) is 5.82 Å². The van der Waals surface area contributed by atoms with Gasteiger partial charge in [0.1, 0.15) is 0 Å². The molecule has 1 aromatic heterocycles. The molecule has 0 aliphatic carbocycles. The largest absolute Gasteiger partial charge is 0.477 e. The molecular formula is C13H20BrN3O. The van der Waals surface area contributed by atoms with Crippen molar-refractivity contribution in [2.24, 2.45) is 5.92 Å². The van der Waals surface area contributed by atoms with Crippen LogP contribution in [0.1, 0.15) is 26.2 Å². The summed E-state index contributed by atoms with van der Waals surface area (Å²) in [5.41, 5.74) is 0. The van der Waals surface area contributed by atoms with Crippen LogP contribution in [0.5, 0.6) is 5.88 Å². The molecule has 1 unspecified atom stereocenters. The molecule has 1 aliphatic rings. The number of hydrogen-bond acceptors (Lipinski definition) is 4. The van der Waals surface area contributed by atoms with E-state index < -0.39 is 0 Å². The topological polar surface area (TPSA) is 38.2 Å². The predicted molar refractivity (Wildman–Crippen MR) is 76.5 cm³/mol.